The zero-order valence-corrected chi connectivity index (χ0v) is 18.4. The molecule has 1 heterocycles. The van der Waals surface area contributed by atoms with Gasteiger partial charge < -0.3 is 10.2 Å². The van der Waals surface area contributed by atoms with Gasteiger partial charge in [-0.25, -0.2) is 13.6 Å². The number of rotatable bonds is 6. The van der Waals surface area contributed by atoms with Crippen LogP contribution in [0.25, 0.3) is 6.08 Å². The van der Waals surface area contributed by atoms with E-state index in [-0.39, 0.29) is 9.80 Å². The number of carbonyl (C=O) groups is 3. The van der Waals surface area contributed by atoms with Gasteiger partial charge in [0.2, 0.25) is 15.9 Å². The molecule has 3 N–H and O–H groups in total. The van der Waals surface area contributed by atoms with Crippen LogP contribution in [0.1, 0.15) is 5.56 Å². The van der Waals surface area contributed by atoms with Crippen LogP contribution >= 0.6 is 11.8 Å². The Bertz CT molecular complexity index is 1160. The van der Waals surface area contributed by atoms with Gasteiger partial charge in [0.05, 0.1) is 9.80 Å². The van der Waals surface area contributed by atoms with Gasteiger partial charge in [-0.2, -0.15) is 0 Å². The van der Waals surface area contributed by atoms with Crippen molar-refractivity contribution in [1.82, 2.24) is 4.90 Å². The Morgan fingerprint density at radius 3 is 2.26 bits per heavy atom. The number of hydrogen-bond donors (Lipinski definition) is 2. The van der Waals surface area contributed by atoms with Gasteiger partial charge in [0.1, 0.15) is 6.54 Å². The molecule has 31 heavy (non-hydrogen) atoms. The van der Waals surface area contributed by atoms with E-state index in [0.29, 0.717) is 5.69 Å². The van der Waals surface area contributed by atoms with Gasteiger partial charge in [-0.3, -0.25) is 19.3 Å². The quantitative estimate of drug-likeness (QED) is 0.631. The fraction of sp³-hybridized carbons (Fsp3) is 0.150. The highest BCUT2D eigenvalue weighted by Crippen LogP contribution is 2.32. The Morgan fingerprint density at radius 1 is 1.10 bits per heavy atom. The van der Waals surface area contributed by atoms with Crippen LogP contribution in [0.5, 0.6) is 0 Å². The summed E-state index contributed by atoms with van der Waals surface area (Å²) in [6.45, 7) is -0.460. The monoisotopic (exact) mass is 460 g/mol. The van der Waals surface area contributed by atoms with Crippen LogP contribution in [0.3, 0.4) is 0 Å². The molecule has 1 fully saturated rings. The highest BCUT2D eigenvalue weighted by atomic mass is 32.2. The Morgan fingerprint density at radius 2 is 1.71 bits per heavy atom. The molecule has 3 rings (SSSR count). The van der Waals surface area contributed by atoms with Crippen molar-refractivity contribution in [3.8, 4) is 0 Å². The second-order valence-corrected chi connectivity index (χ2v) is 9.43. The second kappa shape index (κ2) is 8.92. The summed E-state index contributed by atoms with van der Waals surface area (Å²) in [6.07, 6.45) is 1.61. The number of nitrogens with one attached hydrogen (secondary N) is 1. The number of sulfonamides is 1. The largest absolute Gasteiger partial charge is 0.378 e. The van der Waals surface area contributed by atoms with Crippen molar-refractivity contribution in [2.75, 3.05) is 30.9 Å². The number of nitrogens with zero attached hydrogens (tertiary/aromatic N) is 2. The summed E-state index contributed by atoms with van der Waals surface area (Å²) in [7, 11) is -0.00856. The summed E-state index contributed by atoms with van der Waals surface area (Å²) >= 11 is 0.768. The minimum atomic E-state index is -3.84. The molecule has 9 nitrogen and oxygen atoms in total. The fourth-order valence-corrected chi connectivity index (χ4v) is 4.08. The molecule has 11 heteroatoms. The van der Waals surface area contributed by atoms with Gasteiger partial charge in [0, 0.05) is 25.5 Å². The summed E-state index contributed by atoms with van der Waals surface area (Å²) in [5.41, 5.74) is 2.07. The standard InChI is InChI=1S/C20H20N4O5S2/c1-23(2)15-7-3-13(4-8-15)11-17-19(26)24(20(27)30-17)12-18(25)22-14-5-9-16(10-6-14)31(21,28)29/h3-11H,12H2,1-2H3,(H,22,25)(H2,21,28,29)/b17-11+. The van der Waals surface area contributed by atoms with E-state index >= 15 is 0 Å². The number of anilines is 2. The zero-order valence-electron chi connectivity index (χ0n) is 16.7. The molecule has 0 radical (unpaired) electrons. The average Bonchev–Trinajstić information content (AvgIpc) is 2.95. The molecule has 2 aromatic rings. The summed E-state index contributed by atoms with van der Waals surface area (Å²) in [5.74, 6) is -1.14. The highest BCUT2D eigenvalue weighted by molar-refractivity contribution is 8.18. The van der Waals surface area contributed by atoms with E-state index in [4.69, 9.17) is 5.14 Å². The Labute approximate surface area is 183 Å². The van der Waals surface area contributed by atoms with Gasteiger partial charge in [-0.05, 0) is 59.8 Å². The lowest BCUT2D eigenvalue weighted by Gasteiger charge is -2.13. The molecule has 2 aromatic carbocycles. The van der Waals surface area contributed by atoms with Crippen molar-refractivity contribution in [2.24, 2.45) is 5.14 Å². The van der Waals surface area contributed by atoms with Gasteiger partial charge >= 0.3 is 0 Å². The van der Waals surface area contributed by atoms with Crippen molar-refractivity contribution in [3.63, 3.8) is 0 Å². The van der Waals surface area contributed by atoms with Crippen molar-refractivity contribution in [2.45, 2.75) is 4.90 Å². The zero-order chi connectivity index (χ0) is 22.8. The van der Waals surface area contributed by atoms with E-state index < -0.39 is 33.6 Å². The van der Waals surface area contributed by atoms with E-state index in [1.807, 2.05) is 43.3 Å². The number of benzene rings is 2. The minimum Gasteiger partial charge on any atom is -0.378 e. The third-order valence-corrected chi connectivity index (χ3v) is 6.19. The predicted molar refractivity (Wildman–Crippen MR) is 120 cm³/mol. The molecule has 0 saturated carbocycles. The maximum Gasteiger partial charge on any atom is 0.294 e. The third-order valence-electron chi connectivity index (χ3n) is 4.35. The normalized spacial score (nSPS) is 15.5. The molecule has 162 valence electrons. The van der Waals surface area contributed by atoms with Gasteiger partial charge in [-0.1, -0.05) is 12.1 Å². The Hall–Kier alpha value is -3.15. The first-order valence-corrected chi connectivity index (χ1v) is 11.4. The number of hydrogen-bond acceptors (Lipinski definition) is 7. The second-order valence-electron chi connectivity index (χ2n) is 6.87. The number of thioether (sulfide) groups is 1. The summed E-state index contributed by atoms with van der Waals surface area (Å²) in [5, 5.41) is 7.00. The van der Waals surface area contributed by atoms with Crippen molar-refractivity contribution >= 4 is 56.3 Å². The van der Waals surface area contributed by atoms with Crippen LogP contribution in [0.4, 0.5) is 16.2 Å². The number of carbonyl (C=O) groups excluding carboxylic acids is 3. The molecular weight excluding hydrogens is 440 g/mol. The molecule has 1 aliphatic heterocycles. The first-order valence-electron chi connectivity index (χ1n) is 9.00. The van der Waals surface area contributed by atoms with Gasteiger partial charge in [0.15, 0.2) is 0 Å². The van der Waals surface area contributed by atoms with Crippen molar-refractivity contribution in [3.05, 3.63) is 59.0 Å². The molecule has 1 saturated heterocycles. The van der Waals surface area contributed by atoms with Crippen molar-refractivity contribution < 1.29 is 22.8 Å². The Kier molecular flexibility index (Phi) is 6.48. The van der Waals surface area contributed by atoms with Crippen LogP contribution in [0.2, 0.25) is 0 Å². The number of amides is 3. The first kappa shape index (κ1) is 22.5. The average molecular weight is 461 g/mol. The maximum atomic E-state index is 12.6. The molecule has 0 spiro atoms. The topological polar surface area (TPSA) is 130 Å². The van der Waals surface area contributed by atoms with E-state index in [9.17, 15) is 22.8 Å². The smallest absolute Gasteiger partial charge is 0.294 e. The lowest BCUT2D eigenvalue weighted by molar-refractivity contribution is -0.127. The number of nitrogens with two attached hydrogens (primary N) is 1. The van der Waals surface area contributed by atoms with Gasteiger partial charge in [-0.15, -0.1) is 0 Å². The fourth-order valence-electron chi connectivity index (χ4n) is 2.73. The van der Waals surface area contributed by atoms with Gasteiger partial charge in [0.25, 0.3) is 11.1 Å². The molecule has 1 aliphatic rings. The molecule has 3 amide bonds. The Balaban J connectivity index is 1.66. The molecule has 0 unspecified atom stereocenters. The lowest BCUT2D eigenvalue weighted by atomic mass is 10.2. The highest BCUT2D eigenvalue weighted by Gasteiger charge is 2.36. The van der Waals surface area contributed by atoms with Crippen molar-refractivity contribution in [1.29, 1.82) is 0 Å². The summed E-state index contributed by atoms with van der Waals surface area (Å²) < 4.78 is 22.6. The maximum absolute atomic E-state index is 12.6. The first-order chi connectivity index (χ1) is 14.5. The molecule has 0 aliphatic carbocycles. The molecule has 0 bridgehead atoms. The van der Waals surface area contributed by atoms with Crippen LogP contribution in [-0.2, 0) is 19.6 Å². The van der Waals surface area contributed by atoms with Crippen LogP contribution < -0.4 is 15.4 Å². The van der Waals surface area contributed by atoms with E-state index in [1.165, 1.54) is 24.3 Å². The molecular formula is C20H20N4O5S2. The third kappa shape index (κ3) is 5.51. The van der Waals surface area contributed by atoms with E-state index in [0.717, 1.165) is 27.9 Å². The van der Waals surface area contributed by atoms with Crippen LogP contribution in [0.15, 0.2) is 58.3 Å². The number of primary sulfonamides is 1. The predicted octanol–water partition coefficient (Wildman–Crippen LogP) is 2.08. The molecule has 0 aromatic heterocycles. The van der Waals surface area contributed by atoms with E-state index in [1.54, 1.807) is 6.08 Å². The molecule has 0 atom stereocenters. The summed E-state index contributed by atoms with van der Waals surface area (Å²) in [4.78, 5) is 40.0. The van der Waals surface area contributed by atoms with Crippen LogP contribution in [-0.4, -0.2) is 51.0 Å². The SMILES string of the molecule is CN(C)c1ccc(/C=C2/SC(=O)N(CC(=O)Nc3ccc(S(N)(=O)=O)cc3)C2=O)cc1. The van der Waals surface area contributed by atoms with Crippen LogP contribution in [0, 0.1) is 0 Å². The number of imide groups is 1. The lowest BCUT2D eigenvalue weighted by Crippen LogP contribution is -2.36. The summed E-state index contributed by atoms with van der Waals surface area (Å²) in [6, 6.07) is 12.7. The van der Waals surface area contributed by atoms with E-state index in [2.05, 4.69) is 5.32 Å². The minimum absolute atomic E-state index is 0.0970.